The van der Waals surface area contributed by atoms with E-state index in [1.54, 1.807) is 0 Å². The van der Waals surface area contributed by atoms with Crippen molar-refractivity contribution in [2.75, 3.05) is 31.6 Å². The smallest absolute Gasteiger partial charge is 0.245 e. The zero-order chi connectivity index (χ0) is 27.4. The van der Waals surface area contributed by atoms with Crippen LogP contribution in [0, 0.1) is 0 Å². The summed E-state index contributed by atoms with van der Waals surface area (Å²) in [6.07, 6.45) is 3.22. The molecule has 5 rings (SSSR count). The number of fused-ring (bicyclic) bond motifs is 2. The molecule has 7 heteroatoms. The van der Waals surface area contributed by atoms with E-state index in [4.69, 9.17) is 5.73 Å². The maximum Gasteiger partial charge on any atom is 0.245 e. The lowest BCUT2D eigenvalue weighted by molar-refractivity contribution is -0.137. The molecule has 0 aromatic heterocycles. The van der Waals surface area contributed by atoms with Crippen LogP contribution in [-0.4, -0.2) is 49.4 Å². The summed E-state index contributed by atoms with van der Waals surface area (Å²) in [4.78, 5) is 31.3. The molecule has 2 aliphatic heterocycles. The van der Waals surface area contributed by atoms with Crippen molar-refractivity contribution >= 4 is 33.4 Å². The number of hydrogen-bond donors (Lipinski definition) is 2. The number of carbonyl (C=O) groups is 2. The van der Waals surface area contributed by atoms with Gasteiger partial charge in [-0.15, -0.1) is 0 Å². The summed E-state index contributed by atoms with van der Waals surface area (Å²) in [5.74, 6) is -0.111. The van der Waals surface area contributed by atoms with Gasteiger partial charge in [0.1, 0.15) is 6.04 Å². The van der Waals surface area contributed by atoms with Gasteiger partial charge >= 0.3 is 0 Å². The first-order valence-electron chi connectivity index (χ1n) is 13.8. The number of aryl methyl sites for hydroxylation is 1. The zero-order valence-electron chi connectivity index (χ0n) is 22.5. The second-order valence-electron chi connectivity index (χ2n) is 10.9. The Morgan fingerprint density at radius 1 is 0.974 bits per heavy atom. The Bertz CT molecular complexity index is 1320. The number of benzene rings is 3. The van der Waals surface area contributed by atoms with Crippen LogP contribution < -0.4 is 16.0 Å². The van der Waals surface area contributed by atoms with E-state index < -0.39 is 6.04 Å². The topological polar surface area (TPSA) is 78.7 Å². The highest BCUT2D eigenvalue weighted by Gasteiger charge is 2.44. The van der Waals surface area contributed by atoms with Crippen molar-refractivity contribution in [2.45, 2.75) is 50.1 Å². The molecule has 2 amide bonds. The molecule has 3 aromatic rings. The molecule has 204 valence electrons. The molecule has 1 atom stereocenters. The predicted molar refractivity (Wildman–Crippen MR) is 160 cm³/mol. The van der Waals surface area contributed by atoms with Crippen molar-refractivity contribution in [3.05, 3.63) is 99.5 Å². The van der Waals surface area contributed by atoms with Gasteiger partial charge in [-0.25, -0.2) is 0 Å². The number of para-hydroxylation sites is 1. The number of nitrogens with two attached hydrogens (primary N) is 1. The number of anilines is 1. The van der Waals surface area contributed by atoms with E-state index in [-0.39, 0.29) is 17.2 Å². The minimum atomic E-state index is -0.601. The first-order valence-corrected chi connectivity index (χ1v) is 14.6. The molecule has 1 saturated heterocycles. The number of rotatable bonds is 8. The zero-order valence-corrected chi connectivity index (χ0v) is 24.1. The van der Waals surface area contributed by atoms with Crippen molar-refractivity contribution in [2.24, 2.45) is 5.73 Å². The lowest BCUT2D eigenvalue weighted by Gasteiger charge is -2.41. The molecule has 2 heterocycles. The van der Waals surface area contributed by atoms with E-state index in [2.05, 4.69) is 57.5 Å². The highest BCUT2D eigenvalue weighted by molar-refractivity contribution is 9.10. The molecule has 3 aromatic carbocycles. The third-order valence-electron chi connectivity index (χ3n) is 8.40. The van der Waals surface area contributed by atoms with Gasteiger partial charge in [0.25, 0.3) is 0 Å². The molecule has 0 radical (unpaired) electrons. The van der Waals surface area contributed by atoms with E-state index >= 15 is 0 Å². The maximum absolute atomic E-state index is 13.9. The average Bonchev–Trinajstić information content (AvgIpc) is 3.23. The molecule has 39 heavy (non-hydrogen) atoms. The Morgan fingerprint density at radius 2 is 1.64 bits per heavy atom. The molecule has 0 bridgehead atoms. The first kappa shape index (κ1) is 27.4. The van der Waals surface area contributed by atoms with E-state index in [0.29, 0.717) is 38.9 Å². The number of likely N-dealkylation sites (N-methyl/N-ethyl adjacent to an activating group) is 1. The van der Waals surface area contributed by atoms with E-state index in [1.807, 2.05) is 53.4 Å². The monoisotopic (exact) mass is 588 g/mol. The van der Waals surface area contributed by atoms with E-state index in [0.717, 1.165) is 40.5 Å². The number of halogens is 1. The third kappa shape index (κ3) is 6.04. The summed E-state index contributed by atoms with van der Waals surface area (Å²) in [5, 5.41) is 3.09. The van der Waals surface area contributed by atoms with Gasteiger partial charge in [-0.1, -0.05) is 70.5 Å². The Balaban J connectivity index is 1.27. The molecule has 1 fully saturated rings. The molecular weight excluding hydrogens is 552 g/mol. The second-order valence-corrected chi connectivity index (χ2v) is 11.8. The number of amides is 2. The molecule has 1 spiro atoms. The maximum atomic E-state index is 13.9. The van der Waals surface area contributed by atoms with Crippen LogP contribution in [0.3, 0.4) is 0 Å². The van der Waals surface area contributed by atoms with Crippen LogP contribution in [0.5, 0.6) is 0 Å². The SMILES string of the molecule is CN1CC2(CCN(C(=O)[C@@H](Cc3ccc(Br)cc3)NC(=O)CCc3ccccc3CN)CC2)c2ccccc21. The van der Waals surface area contributed by atoms with Crippen molar-refractivity contribution in [3.8, 4) is 0 Å². The van der Waals surface area contributed by atoms with Gasteiger partial charge in [-0.3, -0.25) is 9.59 Å². The van der Waals surface area contributed by atoms with Crippen LogP contribution in [-0.2, 0) is 34.4 Å². The Labute approximate surface area is 239 Å². The molecule has 6 nitrogen and oxygen atoms in total. The Hall–Kier alpha value is -3.16. The number of nitrogens with one attached hydrogen (secondary N) is 1. The molecule has 3 N–H and O–H groups in total. The Kier molecular flexibility index (Phi) is 8.38. The summed E-state index contributed by atoms with van der Waals surface area (Å²) >= 11 is 3.49. The molecule has 2 aliphatic rings. The highest BCUT2D eigenvalue weighted by atomic mass is 79.9. The van der Waals surface area contributed by atoms with Gasteiger partial charge in [-0.05, 0) is 59.7 Å². The van der Waals surface area contributed by atoms with Crippen LogP contribution in [0.25, 0.3) is 0 Å². The summed E-state index contributed by atoms with van der Waals surface area (Å²) < 4.78 is 0.986. The summed E-state index contributed by atoms with van der Waals surface area (Å²) in [6, 6.07) is 23.9. The van der Waals surface area contributed by atoms with E-state index in [1.165, 1.54) is 11.3 Å². The quantitative estimate of drug-likeness (QED) is 0.404. The van der Waals surface area contributed by atoms with Crippen LogP contribution in [0.15, 0.2) is 77.3 Å². The van der Waals surface area contributed by atoms with Gasteiger partial charge in [0.15, 0.2) is 0 Å². The van der Waals surface area contributed by atoms with Gasteiger partial charge in [0, 0.05) is 61.6 Å². The van der Waals surface area contributed by atoms with Gasteiger partial charge in [-0.2, -0.15) is 0 Å². The minimum absolute atomic E-state index is 0.00288. The van der Waals surface area contributed by atoms with Crippen molar-refractivity contribution in [3.63, 3.8) is 0 Å². The van der Waals surface area contributed by atoms with E-state index in [9.17, 15) is 9.59 Å². The molecule has 0 saturated carbocycles. The molecule has 0 aliphatic carbocycles. The van der Waals surface area contributed by atoms with Crippen LogP contribution in [0.1, 0.15) is 41.5 Å². The predicted octanol–water partition coefficient (Wildman–Crippen LogP) is 4.58. The lowest BCUT2D eigenvalue weighted by atomic mass is 9.74. The molecular formula is C32H37BrN4O2. The van der Waals surface area contributed by atoms with Crippen molar-refractivity contribution in [1.82, 2.24) is 10.2 Å². The number of piperidine rings is 1. The number of nitrogens with zero attached hydrogens (tertiary/aromatic N) is 2. The normalized spacial score (nSPS) is 16.7. The van der Waals surface area contributed by atoms with Crippen LogP contribution >= 0.6 is 15.9 Å². The average molecular weight is 590 g/mol. The standard InChI is InChI=1S/C32H37BrN4O2/c1-36-22-32(27-8-4-5-9-29(27)36)16-18-37(19-17-32)31(39)28(20-23-10-13-26(33)14-11-23)35-30(38)15-12-24-6-2-3-7-25(24)21-34/h2-11,13-14,28H,12,15-22,34H2,1H3,(H,35,38)/t28-/m1/s1. The van der Waals surface area contributed by atoms with Crippen LogP contribution in [0.4, 0.5) is 5.69 Å². The van der Waals surface area contributed by atoms with Gasteiger partial charge in [0.2, 0.25) is 11.8 Å². The van der Waals surface area contributed by atoms with Gasteiger partial charge in [0.05, 0.1) is 0 Å². The fourth-order valence-electron chi connectivity index (χ4n) is 6.25. The number of likely N-dealkylation sites (tertiary alicyclic amines) is 1. The number of carbonyl (C=O) groups excluding carboxylic acids is 2. The Morgan fingerprint density at radius 3 is 2.36 bits per heavy atom. The summed E-state index contributed by atoms with van der Waals surface area (Å²) in [6.45, 7) is 2.81. The largest absolute Gasteiger partial charge is 0.373 e. The van der Waals surface area contributed by atoms with Crippen molar-refractivity contribution < 1.29 is 9.59 Å². The fraction of sp³-hybridized carbons (Fsp3) is 0.375. The fourth-order valence-corrected chi connectivity index (χ4v) is 6.52. The molecule has 0 unspecified atom stereocenters. The second kappa shape index (κ2) is 11.9. The highest BCUT2D eigenvalue weighted by Crippen LogP contribution is 2.46. The van der Waals surface area contributed by atoms with Crippen LogP contribution in [0.2, 0.25) is 0 Å². The van der Waals surface area contributed by atoms with Crippen molar-refractivity contribution in [1.29, 1.82) is 0 Å². The first-order chi connectivity index (χ1) is 18.9. The number of hydrogen-bond acceptors (Lipinski definition) is 4. The summed E-state index contributed by atoms with van der Waals surface area (Å²) in [7, 11) is 2.15. The lowest BCUT2D eigenvalue weighted by Crippen LogP contribution is -2.54. The third-order valence-corrected chi connectivity index (χ3v) is 8.93. The minimum Gasteiger partial charge on any atom is -0.373 e. The van der Waals surface area contributed by atoms with Gasteiger partial charge < -0.3 is 20.9 Å². The summed E-state index contributed by atoms with van der Waals surface area (Å²) in [5.41, 5.74) is 11.8.